The first kappa shape index (κ1) is 11.3. The first-order valence-corrected chi connectivity index (χ1v) is 5.71. The molecular weight excluding hydrogens is 220 g/mol. The number of rotatable bonds is 1. The van der Waals surface area contributed by atoms with Gasteiger partial charge in [-0.1, -0.05) is 41.9 Å². The molecule has 0 heterocycles. The van der Waals surface area contributed by atoms with Crippen molar-refractivity contribution in [3.8, 4) is 5.75 Å². The quantitative estimate of drug-likeness (QED) is 0.697. The maximum Gasteiger partial charge on any atom is 0.139 e. The van der Waals surface area contributed by atoms with Gasteiger partial charge >= 0.3 is 0 Å². The van der Waals surface area contributed by atoms with Crippen LogP contribution in [0.1, 0.15) is 20.8 Å². The van der Waals surface area contributed by atoms with E-state index in [2.05, 4.69) is 0 Å². The zero-order chi connectivity index (χ0) is 11.8. The van der Waals surface area contributed by atoms with E-state index in [0.717, 1.165) is 16.5 Å². The van der Waals surface area contributed by atoms with Gasteiger partial charge in [0.2, 0.25) is 0 Å². The van der Waals surface area contributed by atoms with Crippen LogP contribution in [0.4, 0.5) is 0 Å². The van der Waals surface area contributed by atoms with E-state index in [4.69, 9.17) is 16.3 Å². The molecule has 2 aromatic rings. The molecule has 0 aromatic heterocycles. The summed E-state index contributed by atoms with van der Waals surface area (Å²) in [5.41, 5.74) is -0.230. The number of ether oxygens (including phenoxy) is 1. The van der Waals surface area contributed by atoms with E-state index in [1.54, 1.807) is 0 Å². The number of hydrogen-bond acceptors (Lipinski definition) is 1. The Balaban J connectivity index is 2.53. The van der Waals surface area contributed by atoms with Crippen LogP contribution in [0.15, 0.2) is 36.4 Å². The molecule has 84 valence electrons. The van der Waals surface area contributed by atoms with Gasteiger partial charge in [-0.3, -0.25) is 0 Å². The molecule has 0 saturated heterocycles. The summed E-state index contributed by atoms with van der Waals surface area (Å²) in [5.74, 6) is 0.743. The fourth-order valence-corrected chi connectivity index (χ4v) is 1.90. The van der Waals surface area contributed by atoms with Crippen molar-refractivity contribution in [1.29, 1.82) is 0 Å². The smallest absolute Gasteiger partial charge is 0.139 e. The molecule has 0 aliphatic heterocycles. The van der Waals surface area contributed by atoms with E-state index in [1.807, 2.05) is 57.2 Å². The van der Waals surface area contributed by atoms with Crippen LogP contribution >= 0.6 is 11.6 Å². The highest BCUT2D eigenvalue weighted by molar-refractivity contribution is 6.37. The molecule has 0 bridgehead atoms. The third-order valence-electron chi connectivity index (χ3n) is 2.24. The van der Waals surface area contributed by atoms with E-state index in [1.165, 1.54) is 0 Å². The van der Waals surface area contributed by atoms with Crippen LogP contribution < -0.4 is 4.74 Å². The van der Waals surface area contributed by atoms with Crippen molar-refractivity contribution in [3.63, 3.8) is 0 Å². The molecule has 0 radical (unpaired) electrons. The van der Waals surface area contributed by atoms with Gasteiger partial charge in [0.1, 0.15) is 11.4 Å². The van der Waals surface area contributed by atoms with Crippen LogP contribution in [0.3, 0.4) is 0 Å². The molecule has 2 aromatic carbocycles. The SMILES string of the molecule is CC(C)(C)Oc1ccc2ccccc2c1Cl. The second kappa shape index (κ2) is 3.99. The highest BCUT2D eigenvalue weighted by atomic mass is 35.5. The van der Waals surface area contributed by atoms with Gasteiger partial charge in [-0.05, 0) is 32.2 Å². The third-order valence-corrected chi connectivity index (χ3v) is 2.63. The van der Waals surface area contributed by atoms with E-state index in [-0.39, 0.29) is 5.60 Å². The molecule has 2 heteroatoms. The summed E-state index contributed by atoms with van der Waals surface area (Å²) in [4.78, 5) is 0. The van der Waals surface area contributed by atoms with Gasteiger partial charge in [0.05, 0.1) is 5.02 Å². The molecule has 0 aliphatic carbocycles. The summed E-state index contributed by atoms with van der Waals surface area (Å²) in [6, 6.07) is 12.0. The maximum atomic E-state index is 6.32. The molecule has 0 N–H and O–H groups in total. The first-order valence-electron chi connectivity index (χ1n) is 5.34. The fourth-order valence-electron chi connectivity index (χ4n) is 1.62. The normalized spacial score (nSPS) is 11.8. The van der Waals surface area contributed by atoms with E-state index in [0.29, 0.717) is 5.02 Å². The van der Waals surface area contributed by atoms with E-state index >= 15 is 0 Å². The average molecular weight is 235 g/mol. The fraction of sp³-hybridized carbons (Fsp3) is 0.286. The Kier molecular flexibility index (Phi) is 2.81. The van der Waals surface area contributed by atoms with Gasteiger partial charge in [0.25, 0.3) is 0 Å². The highest BCUT2D eigenvalue weighted by Gasteiger charge is 2.15. The zero-order valence-corrected chi connectivity index (χ0v) is 10.5. The van der Waals surface area contributed by atoms with Crippen LogP contribution in [0, 0.1) is 0 Å². The molecule has 16 heavy (non-hydrogen) atoms. The highest BCUT2D eigenvalue weighted by Crippen LogP contribution is 2.34. The summed E-state index contributed by atoms with van der Waals surface area (Å²) in [7, 11) is 0. The van der Waals surface area contributed by atoms with Crippen LogP contribution in [-0.4, -0.2) is 5.60 Å². The first-order chi connectivity index (χ1) is 7.47. The summed E-state index contributed by atoms with van der Waals surface area (Å²) in [6.07, 6.45) is 0. The molecule has 0 spiro atoms. The molecule has 0 atom stereocenters. The second-order valence-corrected chi connectivity index (χ2v) is 5.19. The van der Waals surface area contributed by atoms with Crippen molar-refractivity contribution in [2.24, 2.45) is 0 Å². The van der Waals surface area contributed by atoms with Crippen molar-refractivity contribution < 1.29 is 4.74 Å². The summed E-state index contributed by atoms with van der Waals surface area (Å²) < 4.78 is 5.81. The summed E-state index contributed by atoms with van der Waals surface area (Å²) in [5, 5.41) is 2.85. The Bertz CT molecular complexity index is 512. The molecular formula is C14H15ClO. The topological polar surface area (TPSA) is 9.23 Å². The van der Waals surface area contributed by atoms with Gasteiger partial charge in [-0.25, -0.2) is 0 Å². The predicted octanol–water partition coefficient (Wildman–Crippen LogP) is 4.67. The Morgan fingerprint density at radius 3 is 2.38 bits per heavy atom. The lowest BCUT2D eigenvalue weighted by molar-refractivity contribution is 0.131. The van der Waals surface area contributed by atoms with Crippen LogP contribution in [0.25, 0.3) is 10.8 Å². The molecule has 1 nitrogen and oxygen atoms in total. The third kappa shape index (κ3) is 2.30. The Hall–Kier alpha value is -1.21. The maximum absolute atomic E-state index is 6.32. The number of hydrogen-bond donors (Lipinski definition) is 0. The van der Waals surface area contributed by atoms with Crippen molar-refractivity contribution >= 4 is 22.4 Å². The van der Waals surface area contributed by atoms with Crippen LogP contribution in [0.2, 0.25) is 5.02 Å². The van der Waals surface area contributed by atoms with Gasteiger partial charge in [0.15, 0.2) is 0 Å². The predicted molar refractivity (Wildman–Crippen MR) is 69.3 cm³/mol. The van der Waals surface area contributed by atoms with Gasteiger partial charge in [-0.15, -0.1) is 0 Å². The largest absolute Gasteiger partial charge is 0.487 e. The van der Waals surface area contributed by atoms with E-state index < -0.39 is 0 Å². The molecule has 2 rings (SSSR count). The average Bonchev–Trinajstić information content (AvgIpc) is 2.21. The lowest BCUT2D eigenvalue weighted by Gasteiger charge is -2.22. The monoisotopic (exact) mass is 234 g/mol. The molecule has 0 amide bonds. The Labute approximate surface area is 101 Å². The number of fused-ring (bicyclic) bond motifs is 1. The van der Waals surface area contributed by atoms with Gasteiger partial charge < -0.3 is 4.74 Å². The van der Waals surface area contributed by atoms with Gasteiger partial charge in [0, 0.05) is 5.39 Å². The van der Waals surface area contributed by atoms with Crippen LogP contribution in [-0.2, 0) is 0 Å². The second-order valence-electron chi connectivity index (χ2n) is 4.81. The minimum absolute atomic E-state index is 0.230. The number of benzene rings is 2. The Morgan fingerprint density at radius 2 is 1.69 bits per heavy atom. The van der Waals surface area contributed by atoms with Gasteiger partial charge in [-0.2, -0.15) is 0 Å². The standard InChI is InChI=1S/C14H15ClO/c1-14(2,3)16-12-9-8-10-6-4-5-7-11(10)13(12)15/h4-9H,1-3H3. The molecule has 0 fully saturated rings. The van der Waals surface area contributed by atoms with Crippen LogP contribution in [0.5, 0.6) is 5.75 Å². The lowest BCUT2D eigenvalue weighted by Crippen LogP contribution is -2.23. The zero-order valence-electron chi connectivity index (χ0n) is 9.75. The van der Waals surface area contributed by atoms with Crippen molar-refractivity contribution in [3.05, 3.63) is 41.4 Å². The van der Waals surface area contributed by atoms with Crippen molar-refractivity contribution in [2.45, 2.75) is 26.4 Å². The number of halogens is 1. The molecule has 0 unspecified atom stereocenters. The van der Waals surface area contributed by atoms with Crippen molar-refractivity contribution in [1.82, 2.24) is 0 Å². The minimum Gasteiger partial charge on any atom is -0.487 e. The lowest BCUT2D eigenvalue weighted by atomic mass is 10.1. The molecule has 0 aliphatic rings. The van der Waals surface area contributed by atoms with Crippen molar-refractivity contribution in [2.75, 3.05) is 0 Å². The summed E-state index contributed by atoms with van der Waals surface area (Å²) >= 11 is 6.32. The Morgan fingerprint density at radius 1 is 1.00 bits per heavy atom. The molecule has 0 saturated carbocycles. The minimum atomic E-state index is -0.230. The summed E-state index contributed by atoms with van der Waals surface area (Å²) in [6.45, 7) is 6.04. The van der Waals surface area contributed by atoms with E-state index in [9.17, 15) is 0 Å².